The average Bonchev–Trinajstić information content (AvgIpc) is 3.08. The molecule has 126 valence electrons. The Morgan fingerprint density at radius 2 is 1.87 bits per heavy atom. The van der Waals surface area contributed by atoms with Crippen molar-refractivity contribution in [2.45, 2.75) is 37.9 Å². The van der Waals surface area contributed by atoms with E-state index in [9.17, 15) is 18.0 Å². The van der Waals surface area contributed by atoms with E-state index in [1.54, 1.807) is 0 Å². The number of alkyl halides is 3. The van der Waals surface area contributed by atoms with Gasteiger partial charge in [0, 0.05) is 13.2 Å². The first-order valence-electron chi connectivity index (χ1n) is 8.02. The third-order valence-corrected chi connectivity index (χ3v) is 4.69. The molecule has 2 aliphatic rings. The second-order valence-electron chi connectivity index (χ2n) is 6.22. The van der Waals surface area contributed by atoms with Gasteiger partial charge in [-0.1, -0.05) is 12.1 Å². The van der Waals surface area contributed by atoms with Gasteiger partial charge in [-0.3, -0.25) is 4.79 Å². The van der Waals surface area contributed by atoms with Gasteiger partial charge in [0.1, 0.15) is 0 Å². The van der Waals surface area contributed by atoms with E-state index >= 15 is 0 Å². The summed E-state index contributed by atoms with van der Waals surface area (Å²) in [7, 11) is 0. The molecule has 2 saturated heterocycles. The van der Waals surface area contributed by atoms with Gasteiger partial charge in [-0.25, -0.2) is 0 Å². The van der Waals surface area contributed by atoms with Crippen molar-refractivity contribution in [3.05, 3.63) is 35.4 Å². The van der Waals surface area contributed by atoms with E-state index in [2.05, 4.69) is 0 Å². The summed E-state index contributed by atoms with van der Waals surface area (Å²) in [5.74, 6) is -0.0304. The second kappa shape index (κ2) is 6.51. The molecule has 1 aromatic rings. The van der Waals surface area contributed by atoms with Crippen molar-refractivity contribution in [2.24, 2.45) is 5.92 Å². The summed E-state index contributed by atoms with van der Waals surface area (Å²) >= 11 is 0. The summed E-state index contributed by atoms with van der Waals surface area (Å²) < 4.78 is 43.4. The number of piperidine rings is 1. The number of amides is 1. The molecule has 3 rings (SSSR count). The van der Waals surface area contributed by atoms with E-state index < -0.39 is 11.7 Å². The van der Waals surface area contributed by atoms with E-state index in [0.29, 0.717) is 19.8 Å². The molecule has 0 bridgehead atoms. The molecule has 0 N–H and O–H groups in total. The fourth-order valence-electron chi connectivity index (χ4n) is 3.40. The summed E-state index contributed by atoms with van der Waals surface area (Å²) in [6, 6.07) is 5.09. The third-order valence-electron chi connectivity index (χ3n) is 4.69. The molecule has 23 heavy (non-hydrogen) atoms. The van der Waals surface area contributed by atoms with Crippen molar-refractivity contribution in [2.75, 3.05) is 19.8 Å². The summed E-state index contributed by atoms with van der Waals surface area (Å²) in [6.07, 6.45) is -0.880. The van der Waals surface area contributed by atoms with Crippen LogP contribution in [0.3, 0.4) is 0 Å². The lowest BCUT2D eigenvalue weighted by molar-refractivity contribution is -0.140. The zero-order valence-corrected chi connectivity index (χ0v) is 12.8. The van der Waals surface area contributed by atoms with Gasteiger partial charge in [0.15, 0.2) is 0 Å². The number of hydrogen-bond donors (Lipinski definition) is 0. The molecule has 0 aliphatic carbocycles. The van der Waals surface area contributed by atoms with E-state index in [-0.39, 0.29) is 17.9 Å². The number of likely N-dealkylation sites (tertiary alicyclic amines) is 1. The Labute approximate surface area is 133 Å². The van der Waals surface area contributed by atoms with Crippen molar-refractivity contribution < 1.29 is 22.7 Å². The van der Waals surface area contributed by atoms with Crippen LogP contribution in [0.25, 0.3) is 0 Å². The Hall–Kier alpha value is -1.56. The lowest BCUT2D eigenvalue weighted by Crippen LogP contribution is -2.42. The second-order valence-corrected chi connectivity index (χ2v) is 6.22. The number of rotatable bonds is 2. The minimum Gasteiger partial charge on any atom is -0.381 e. The Balaban J connectivity index is 1.79. The highest BCUT2D eigenvalue weighted by molar-refractivity contribution is 5.79. The van der Waals surface area contributed by atoms with Crippen LogP contribution in [0.2, 0.25) is 0 Å². The topological polar surface area (TPSA) is 29.5 Å². The SMILES string of the molecule is O=C([C@@H]1CCOC1)N1CCCC[C@H]1c1ccc(C(F)(F)F)cc1. The molecular formula is C17H20F3NO2. The Morgan fingerprint density at radius 3 is 2.48 bits per heavy atom. The van der Waals surface area contributed by atoms with Crippen LogP contribution in [0.15, 0.2) is 24.3 Å². The molecule has 0 aromatic heterocycles. The molecule has 0 spiro atoms. The first-order chi connectivity index (χ1) is 11.0. The van der Waals surface area contributed by atoms with Crippen LogP contribution in [0, 0.1) is 5.92 Å². The summed E-state index contributed by atoms with van der Waals surface area (Å²) in [5, 5.41) is 0. The molecule has 6 heteroatoms. The van der Waals surface area contributed by atoms with Gasteiger partial charge < -0.3 is 9.64 Å². The van der Waals surface area contributed by atoms with E-state index in [1.165, 1.54) is 12.1 Å². The smallest absolute Gasteiger partial charge is 0.381 e. The summed E-state index contributed by atoms with van der Waals surface area (Å²) in [5.41, 5.74) is 0.129. The fourth-order valence-corrected chi connectivity index (χ4v) is 3.40. The van der Waals surface area contributed by atoms with Crippen molar-refractivity contribution in [3.63, 3.8) is 0 Å². The van der Waals surface area contributed by atoms with Crippen LogP contribution in [0.5, 0.6) is 0 Å². The lowest BCUT2D eigenvalue weighted by Gasteiger charge is -2.37. The normalized spacial score (nSPS) is 25.6. The highest BCUT2D eigenvalue weighted by Gasteiger charge is 2.35. The lowest BCUT2D eigenvalue weighted by atomic mass is 9.92. The Kier molecular flexibility index (Phi) is 4.62. The van der Waals surface area contributed by atoms with Gasteiger partial charge in [0.05, 0.1) is 24.1 Å². The number of carbonyl (C=O) groups excluding carboxylic acids is 1. The van der Waals surface area contributed by atoms with Gasteiger partial charge in [-0.2, -0.15) is 13.2 Å². The van der Waals surface area contributed by atoms with Crippen LogP contribution in [0.1, 0.15) is 42.9 Å². The first kappa shape index (κ1) is 16.3. The molecule has 2 aliphatic heterocycles. The quantitative estimate of drug-likeness (QED) is 0.827. The molecule has 1 amide bonds. The van der Waals surface area contributed by atoms with Crippen LogP contribution in [-0.2, 0) is 15.7 Å². The standard InChI is InChI=1S/C17H20F3NO2/c18-17(19,20)14-6-4-12(5-7-14)15-3-1-2-9-21(15)16(22)13-8-10-23-11-13/h4-7,13,15H,1-3,8-11H2/t13-,15+/m1/s1. The fraction of sp³-hybridized carbons (Fsp3) is 0.588. The first-order valence-corrected chi connectivity index (χ1v) is 8.02. The number of ether oxygens (including phenoxy) is 1. The number of halogens is 3. The van der Waals surface area contributed by atoms with Crippen LogP contribution in [-0.4, -0.2) is 30.6 Å². The molecule has 3 nitrogen and oxygen atoms in total. The van der Waals surface area contributed by atoms with Gasteiger partial charge in [-0.05, 0) is 43.4 Å². The van der Waals surface area contributed by atoms with Gasteiger partial charge >= 0.3 is 6.18 Å². The number of benzene rings is 1. The molecular weight excluding hydrogens is 307 g/mol. The predicted octanol–water partition coefficient (Wildman–Crippen LogP) is 3.80. The minimum absolute atomic E-state index is 0.0760. The molecule has 0 saturated carbocycles. The maximum atomic E-state index is 12.7. The average molecular weight is 327 g/mol. The van der Waals surface area contributed by atoms with Crippen molar-refractivity contribution >= 4 is 5.91 Å². The van der Waals surface area contributed by atoms with Crippen LogP contribution in [0.4, 0.5) is 13.2 Å². The number of carbonyl (C=O) groups is 1. The van der Waals surface area contributed by atoms with Crippen LogP contribution >= 0.6 is 0 Å². The highest BCUT2D eigenvalue weighted by Crippen LogP contribution is 2.35. The van der Waals surface area contributed by atoms with E-state index in [4.69, 9.17) is 4.74 Å². The Morgan fingerprint density at radius 1 is 1.13 bits per heavy atom. The molecule has 0 unspecified atom stereocenters. The Bertz CT molecular complexity index is 550. The largest absolute Gasteiger partial charge is 0.416 e. The van der Waals surface area contributed by atoms with Crippen LogP contribution < -0.4 is 0 Å². The van der Waals surface area contributed by atoms with Crippen molar-refractivity contribution in [1.29, 1.82) is 0 Å². The zero-order valence-electron chi connectivity index (χ0n) is 12.8. The number of nitrogens with zero attached hydrogens (tertiary/aromatic N) is 1. The van der Waals surface area contributed by atoms with Crippen molar-refractivity contribution in [1.82, 2.24) is 4.90 Å². The highest BCUT2D eigenvalue weighted by atomic mass is 19.4. The molecule has 1 aromatic carbocycles. The summed E-state index contributed by atoms with van der Waals surface area (Å²) in [4.78, 5) is 14.5. The maximum absolute atomic E-state index is 12.7. The monoisotopic (exact) mass is 327 g/mol. The summed E-state index contributed by atoms with van der Waals surface area (Å²) in [6.45, 7) is 1.73. The predicted molar refractivity (Wildman–Crippen MR) is 78.7 cm³/mol. The zero-order chi connectivity index (χ0) is 16.4. The van der Waals surface area contributed by atoms with Gasteiger partial charge in [-0.15, -0.1) is 0 Å². The van der Waals surface area contributed by atoms with Gasteiger partial charge in [0.25, 0.3) is 0 Å². The van der Waals surface area contributed by atoms with Crippen molar-refractivity contribution in [3.8, 4) is 0 Å². The maximum Gasteiger partial charge on any atom is 0.416 e. The molecule has 2 atom stereocenters. The molecule has 2 heterocycles. The minimum atomic E-state index is -4.33. The van der Waals surface area contributed by atoms with Gasteiger partial charge in [0.2, 0.25) is 5.91 Å². The molecule has 2 fully saturated rings. The third kappa shape index (κ3) is 3.52. The molecule has 0 radical (unpaired) electrons. The number of hydrogen-bond acceptors (Lipinski definition) is 2. The van der Waals surface area contributed by atoms with E-state index in [1.807, 2.05) is 4.90 Å². The van der Waals surface area contributed by atoms with E-state index in [0.717, 1.165) is 43.4 Å².